The molecule has 0 radical (unpaired) electrons. The number of nitrogens with zero attached hydrogens (tertiary/aromatic N) is 2. The van der Waals surface area contributed by atoms with Crippen LogP contribution in [0.25, 0.3) is 11.1 Å². The summed E-state index contributed by atoms with van der Waals surface area (Å²) in [6.07, 6.45) is 1.35. The maximum absolute atomic E-state index is 13.9. The van der Waals surface area contributed by atoms with E-state index in [1.54, 1.807) is 36.6 Å². The molecule has 1 aliphatic heterocycles. The Kier molecular flexibility index (Phi) is 7.13. The van der Waals surface area contributed by atoms with Gasteiger partial charge in [0.2, 0.25) is 10.0 Å². The summed E-state index contributed by atoms with van der Waals surface area (Å²) >= 11 is 7.35. The molecule has 3 aromatic rings. The number of carbonyl (C=O) groups is 1. The fraction of sp³-hybridized carbons (Fsp3) is 0.304. The summed E-state index contributed by atoms with van der Waals surface area (Å²) in [4.78, 5) is 17.4. The van der Waals surface area contributed by atoms with Crippen LogP contribution in [0.3, 0.4) is 0 Å². The van der Waals surface area contributed by atoms with Crippen LogP contribution < -0.4 is 5.32 Å². The van der Waals surface area contributed by atoms with Gasteiger partial charge in [0, 0.05) is 40.7 Å². The zero-order chi connectivity index (χ0) is 23.6. The predicted molar refractivity (Wildman–Crippen MR) is 130 cm³/mol. The Morgan fingerprint density at radius 1 is 1.21 bits per heavy atom. The van der Waals surface area contributed by atoms with E-state index < -0.39 is 15.8 Å². The van der Waals surface area contributed by atoms with Crippen molar-refractivity contribution in [3.05, 3.63) is 69.4 Å². The molecule has 0 spiro atoms. The van der Waals surface area contributed by atoms with Crippen molar-refractivity contribution < 1.29 is 17.6 Å². The molecular weight excluding hydrogens is 485 g/mol. The molecule has 0 saturated carbocycles. The van der Waals surface area contributed by atoms with Crippen LogP contribution in [0.1, 0.15) is 41.2 Å². The van der Waals surface area contributed by atoms with E-state index in [2.05, 4.69) is 10.3 Å². The van der Waals surface area contributed by atoms with Gasteiger partial charge in [0.25, 0.3) is 5.91 Å². The number of sulfonamides is 1. The molecule has 1 fully saturated rings. The van der Waals surface area contributed by atoms with Crippen molar-refractivity contribution in [3.63, 3.8) is 0 Å². The van der Waals surface area contributed by atoms with Crippen molar-refractivity contribution in [1.82, 2.24) is 9.29 Å². The zero-order valence-electron chi connectivity index (χ0n) is 17.9. The summed E-state index contributed by atoms with van der Waals surface area (Å²) < 4.78 is 39.6. The van der Waals surface area contributed by atoms with Crippen molar-refractivity contribution in [2.45, 2.75) is 25.7 Å². The van der Waals surface area contributed by atoms with Gasteiger partial charge >= 0.3 is 0 Å². The monoisotopic (exact) mass is 507 g/mol. The number of carbonyl (C=O) groups excluding carboxylic acids is 1. The first-order valence-electron chi connectivity index (χ1n) is 10.6. The zero-order valence-corrected chi connectivity index (χ0v) is 20.3. The Bertz CT molecular complexity index is 1250. The second-order valence-corrected chi connectivity index (χ2v) is 11.4. The summed E-state index contributed by atoms with van der Waals surface area (Å²) in [7, 11) is -3.18. The molecule has 33 heavy (non-hydrogen) atoms. The van der Waals surface area contributed by atoms with E-state index in [1.807, 2.05) is 0 Å². The van der Waals surface area contributed by atoms with Crippen molar-refractivity contribution in [1.29, 1.82) is 0 Å². The Balaban J connectivity index is 1.47. The number of anilines is 1. The van der Waals surface area contributed by atoms with Gasteiger partial charge in [0.15, 0.2) is 0 Å². The average Bonchev–Trinajstić information content (AvgIpc) is 3.31. The van der Waals surface area contributed by atoms with Gasteiger partial charge in [-0.25, -0.2) is 22.1 Å². The highest BCUT2D eigenvalue weighted by Gasteiger charge is 2.29. The van der Waals surface area contributed by atoms with Crippen LogP contribution in [0.4, 0.5) is 10.1 Å². The molecule has 0 aliphatic carbocycles. The molecule has 1 aliphatic rings. The van der Waals surface area contributed by atoms with E-state index in [4.69, 9.17) is 11.6 Å². The van der Waals surface area contributed by atoms with Gasteiger partial charge in [-0.15, -0.1) is 11.3 Å². The van der Waals surface area contributed by atoms with Gasteiger partial charge in [-0.3, -0.25) is 4.79 Å². The largest absolute Gasteiger partial charge is 0.320 e. The van der Waals surface area contributed by atoms with Crippen LogP contribution >= 0.6 is 22.9 Å². The first-order valence-corrected chi connectivity index (χ1v) is 13.4. The van der Waals surface area contributed by atoms with Crippen molar-refractivity contribution >= 4 is 44.6 Å². The van der Waals surface area contributed by atoms with Gasteiger partial charge < -0.3 is 5.32 Å². The maximum Gasteiger partial charge on any atom is 0.275 e. The summed E-state index contributed by atoms with van der Waals surface area (Å²) in [5.74, 6) is -0.577. The molecule has 1 N–H and O–H groups in total. The van der Waals surface area contributed by atoms with E-state index >= 15 is 0 Å². The number of piperidine rings is 1. The van der Waals surface area contributed by atoms with Gasteiger partial charge in [0.05, 0.1) is 10.8 Å². The molecule has 174 valence electrons. The van der Waals surface area contributed by atoms with Gasteiger partial charge in [0.1, 0.15) is 11.5 Å². The molecule has 6 nitrogen and oxygen atoms in total. The Labute approximate surface area is 201 Å². The van der Waals surface area contributed by atoms with Crippen LogP contribution in [-0.4, -0.2) is 42.5 Å². The molecule has 10 heteroatoms. The second kappa shape index (κ2) is 9.89. The molecule has 1 saturated heterocycles. The number of thiazole rings is 1. The highest BCUT2D eigenvalue weighted by Crippen LogP contribution is 2.33. The van der Waals surface area contributed by atoms with Crippen LogP contribution in [0, 0.1) is 5.82 Å². The highest BCUT2D eigenvalue weighted by molar-refractivity contribution is 7.89. The number of amides is 1. The number of hydrogen-bond acceptors (Lipinski definition) is 5. The van der Waals surface area contributed by atoms with Gasteiger partial charge in [-0.05, 0) is 55.7 Å². The highest BCUT2D eigenvalue weighted by atomic mass is 35.5. The number of hydrogen-bond donors (Lipinski definition) is 1. The third kappa shape index (κ3) is 5.43. The third-order valence-corrected chi connectivity index (χ3v) is 8.84. The van der Waals surface area contributed by atoms with E-state index in [0.717, 1.165) is 10.6 Å². The molecular formula is C23H23ClFN3O3S2. The lowest BCUT2D eigenvalue weighted by Gasteiger charge is -2.29. The first-order chi connectivity index (χ1) is 15.8. The summed E-state index contributed by atoms with van der Waals surface area (Å²) in [6, 6.07) is 11.1. The molecule has 4 rings (SSSR count). The molecule has 2 heterocycles. The summed E-state index contributed by atoms with van der Waals surface area (Å²) in [5, 5.41) is 5.92. The van der Waals surface area contributed by atoms with E-state index in [9.17, 15) is 17.6 Å². The quantitative estimate of drug-likeness (QED) is 0.485. The third-order valence-electron chi connectivity index (χ3n) is 5.70. The average molecular weight is 508 g/mol. The molecule has 2 aromatic carbocycles. The van der Waals surface area contributed by atoms with E-state index in [0.29, 0.717) is 42.2 Å². The number of benzene rings is 2. The van der Waals surface area contributed by atoms with Crippen LogP contribution in [-0.2, 0) is 10.0 Å². The van der Waals surface area contributed by atoms with Gasteiger partial charge in [-0.2, -0.15) is 0 Å². The molecule has 0 bridgehead atoms. The normalized spacial score (nSPS) is 15.5. The lowest BCUT2D eigenvalue weighted by Crippen LogP contribution is -2.38. The van der Waals surface area contributed by atoms with Crippen LogP contribution in [0.15, 0.2) is 47.8 Å². The molecule has 0 atom stereocenters. The standard InChI is InChI=1S/C23H23ClFN3O3S2/c1-2-33(30,31)28-11-9-16(10-12-28)23-27-21(14-32-23)22(29)26-20-8-7-18(25)13-19(20)15-3-5-17(24)6-4-15/h3-8,13-14,16H,2,9-12H2,1H3,(H,26,29). The number of halogens is 2. The molecule has 0 unspecified atom stereocenters. The number of rotatable bonds is 6. The Hall–Kier alpha value is -2.33. The fourth-order valence-electron chi connectivity index (χ4n) is 3.82. The lowest BCUT2D eigenvalue weighted by atomic mass is 9.99. The summed E-state index contributed by atoms with van der Waals surface area (Å²) in [5.41, 5.74) is 2.02. The van der Waals surface area contributed by atoms with Crippen molar-refractivity contribution in [2.75, 3.05) is 24.2 Å². The topological polar surface area (TPSA) is 79.4 Å². The Morgan fingerprint density at radius 2 is 1.91 bits per heavy atom. The second-order valence-electron chi connectivity index (χ2n) is 7.80. The number of nitrogens with one attached hydrogen (secondary N) is 1. The van der Waals surface area contributed by atoms with Crippen molar-refractivity contribution in [2.24, 2.45) is 0 Å². The van der Waals surface area contributed by atoms with E-state index in [1.165, 1.54) is 33.8 Å². The van der Waals surface area contributed by atoms with Crippen molar-refractivity contribution in [3.8, 4) is 11.1 Å². The minimum absolute atomic E-state index is 0.0978. The minimum Gasteiger partial charge on any atom is -0.320 e. The SMILES string of the molecule is CCS(=O)(=O)N1CCC(c2nc(C(=O)Nc3ccc(F)cc3-c3ccc(Cl)cc3)cs2)CC1. The lowest BCUT2D eigenvalue weighted by molar-refractivity contribution is 0.102. The maximum atomic E-state index is 13.9. The van der Waals surface area contributed by atoms with Crippen LogP contribution in [0.5, 0.6) is 0 Å². The first kappa shape index (κ1) is 23.8. The van der Waals surface area contributed by atoms with E-state index in [-0.39, 0.29) is 23.3 Å². The number of aromatic nitrogens is 1. The molecule has 1 amide bonds. The van der Waals surface area contributed by atoms with Gasteiger partial charge in [-0.1, -0.05) is 23.7 Å². The smallest absolute Gasteiger partial charge is 0.275 e. The fourth-order valence-corrected chi connectivity index (χ4v) is 6.05. The minimum atomic E-state index is -3.18. The predicted octanol–water partition coefficient (Wildman–Crippen LogP) is 5.38. The summed E-state index contributed by atoms with van der Waals surface area (Å²) in [6.45, 7) is 2.57. The molecule has 1 aromatic heterocycles. The van der Waals surface area contributed by atoms with Crippen LogP contribution in [0.2, 0.25) is 5.02 Å². The Morgan fingerprint density at radius 3 is 2.58 bits per heavy atom.